The molecule has 3 heterocycles. The summed E-state index contributed by atoms with van der Waals surface area (Å²) in [5.74, 6) is -0.0470. The first kappa shape index (κ1) is 20.5. The summed E-state index contributed by atoms with van der Waals surface area (Å²) in [6, 6.07) is 11.5. The van der Waals surface area contributed by atoms with Crippen molar-refractivity contribution in [3.8, 4) is 0 Å². The van der Waals surface area contributed by atoms with Gasteiger partial charge in [0.15, 0.2) is 5.13 Å². The molecule has 1 saturated heterocycles. The monoisotopic (exact) mass is 443 g/mol. The Morgan fingerprint density at radius 3 is 2.67 bits per heavy atom. The molecule has 0 spiro atoms. The molecule has 1 aromatic carbocycles. The molecule has 2 aromatic heterocycles. The van der Waals surface area contributed by atoms with E-state index in [4.69, 9.17) is 16.3 Å². The van der Waals surface area contributed by atoms with Crippen LogP contribution in [0, 0.1) is 0 Å². The minimum absolute atomic E-state index is 0. The lowest BCUT2D eigenvalue weighted by Crippen LogP contribution is -2.43. The highest BCUT2D eigenvalue weighted by atomic mass is 35.5. The fourth-order valence-corrected chi connectivity index (χ4v) is 4.87. The number of benzene rings is 1. The molecule has 5 nitrogen and oxygen atoms in total. The highest BCUT2D eigenvalue weighted by molar-refractivity contribution is 7.22. The number of anilines is 1. The topological polar surface area (TPSA) is 45.7 Å². The second-order valence-electron chi connectivity index (χ2n) is 5.98. The SMILES string of the molecule is Cl.O=C(c1ccc(Cl)s1)N(CCN1CCOCC1)c1nc2ccccc2s1. The summed E-state index contributed by atoms with van der Waals surface area (Å²) in [7, 11) is 0. The smallest absolute Gasteiger partial charge is 0.270 e. The molecule has 27 heavy (non-hydrogen) atoms. The third-order valence-electron chi connectivity index (χ3n) is 4.29. The lowest BCUT2D eigenvalue weighted by atomic mass is 10.3. The maximum Gasteiger partial charge on any atom is 0.270 e. The van der Waals surface area contributed by atoms with Crippen LogP contribution in [0.2, 0.25) is 4.34 Å². The van der Waals surface area contributed by atoms with Gasteiger partial charge < -0.3 is 4.74 Å². The van der Waals surface area contributed by atoms with Crippen molar-refractivity contribution in [1.82, 2.24) is 9.88 Å². The minimum Gasteiger partial charge on any atom is -0.379 e. The molecule has 0 aliphatic carbocycles. The van der Waals surface area contributed by atoms with Crippen molar-refractivity contribution in [1.29, 1.82) is 0 Å². The van der Waals surface area contributed by atoms with Crippen LogP contribution in [0.1, 0.15) is 9.67 Å². The number of carbonyl (C=O) groups excluding carboxylic acids is 1. The number of amides is 1. The standard InChI is InChI=1S/C18H18ClN3O2S2.ClH/c19-16-6-5-15(25-16)17(23)22(8-7-21-9-11-24-12-10-21)18-20-13-3-1-2-4-14(13)26-18;/h1-6H,7-12H2;1H. The number of thiazole rings is 1. The zero-order valence-electron chi connectivity index (χ0n) is 14.5. The highest BCUT2D eigenvalue weighted by Crippen LogP contribution is 2.31. The lowest BCUT2D eigenvalue weighted by Gasteiger charge is -2.29. The van der Waals surface area contributed by atoms with Crippen LogP contribution in [0.5, 0.6) is 0 Å². The molecule has 1 amide bonds. The molecule has 9 heteroatoms. The molecule has 1 aliphatic heterocycles. The summed E-state index contributed by atoms with van der Waals surface area (Å²) in [5.41, 5.74) is 0.917. The minimum atomic E-state index is -0.0470. The van der Waals surface area contributed by atoms with Gasteiger partial charge in [-0.2, -0.15) is 0 Å². The predicted molar refractivity (Wildman–Crippen MR) is 115 cm³/mol. The molecule has 3 aromatic rings. The molecule has 1 aliphatic rings. The number of ether oxygens (including phenoxy) is 1. The Hall–Kier alpha value is -1.22. The fourth-order valence-electron chi connectivity index (χ4n) is 2.89. The van der Waals surface area contributed by atoms with Gasteiger partial charge in [-0.25, -0.2) is 4.98 Å². The van der Waals surface area contributed by atoms with Crippen LogP contribution in [-0.2, 0) is 4.74 Å². The van der Waals surface area contributed by atoms with Gasteiger partial charge in [-0.3, -0.25) is 14.6 Å². The quantitative estimate of drug-likeness (QED) is 0.585. The van der Waals surface area contributed by atoms with Crippen molar-refractivity contribution in [3.63, 3.8) is 0 Å². The highest BCUT2D eigenvalue weighted by Gasteiger charge is 2.23. The molecule has 1 fully saturated rings. The summed E-state index contributed by atoms with van der Waals surface area (Å²) in [6.07, 6.45) is 0. The average molecular weight is 444 g/mol. The van der Waals surface area contributed by atoms with E-state index >= 15 is 0 Å². The zero-order valence-corrected chi connectivity index (χ0v) is 17.7. The van der Waals surface area contributed by atoms with Crippen molar-refractivity contribution < 1.29 is 9.53 Å². The van der Waals surface area contributed by atoms with Gasteiger partial charge in [0.25, 0.3) is 5.91 Å². The van der Waals surface area contributed by atoms with E-state index in [0.717, 1.165) is 48.2 Å². The van der Waals surface area contributed by atoms with Crippen LogP contribution in [0.3, 0.4) is 0 Å². The van der Waals surface area contributed by atoms with Crippen LogP contribution in [-0.4, -0.2) is 55.2 Å². The lowest BCUT2D eigenvalue weighted by molar-refractivity contribution is 0.0391. The first-order valence-corrected chi connectivity index (χ1v) is 10.4. The number of para-hydroxylation sites is 1. The number of hydrogen-bond acceptors (Lipinski definition) is 6. The number of rotatable bonds is 5. The van der Waals surface area contributed by atoms with Gasteiger partial charge in [-0.05, 0) is 24.3 Å². The van der Waals surface area contributed by atoms with E-state index in [1.165, 1.54) is 11.3 Å². The molecular formula is C18H19Cl2N3O2S2. The summed E-state index contributed by atoms with van der Waals surface area (Å²) in [4.78, 5) is 22.5. The van der Waals surface area contributed by atoms with Gasteiger partial charge in [0.05, 0.1) is 32.6 Å². The number of hydrogen-bond donors (Lipinski definition) is 0. The number of thiophene rings is 1. The Kier molecular flexibility index (Phi) is 7.08. The Morgan fingerprint density at radius 1 is 1.19 bits per heavy atom. The molecule has 4 rings (SSSR count). The van der Waals surface area contributed by atoms with Gasteiger partial charge in [0.1, 0.15) is 0 Å². The third kappa shape index (κ3) is 4.80. The van der Waals surface area contributed by atoms with Crippen molar-refractivity contribution >= 4 is 67.9 Å². The van der Waals surface area contributed by atoms with Crippen LogP contribution in [0.15, 0.2) is 36.4 Å². The molecule has 0 saturated carbocycles. The Labute approximate surface area is 176 Å². The molecule has 0 radical (unpaired) electrons. The summed E-state index contributed by atoms with van der Waals surface area (Å²) < 4.78 is 7.10. The van der Waals surface area contributed by atoms with Crippen molar-refractivity contribution in [2.45, 2.75) is 0 Å². The summed E-state index contributed by atoms with van der Waals surface area (Å²) in [6.45, 7) is 4.67. The third-order valence-corrected chi connectivity index (χ3v) is 6.56. The Balaban J connectivity index is 0.00000210. The number of fused-ring (bicyclic) bond motifs is 1. The maximum absolute atomic E-state index is 13.1. The van der Waals surface area contributed by atoms with Crippen LogP contribution >= 0.6 is 46.7 Å². The first-order valence-electron chi connectivity index (χ1n) is 8.43. The second-order valence-corrected chi connectivity index (χ2v) is 8.70. The van der Waals surface area contributed by atoms with Gasteiger partial charge in [0.2, 0.25) is 0 Å². The Morgan fingerprint density at radius 2 is 1.96 bits per heavy atom. The number of carbonyl (C=O) groups is 1. The van der Waals surface area contributed by atoms with E-state index in [9.17, 15) is 4.79 Å². The largest absolute Gasteiger partial charge is 0.379 e. The van der Waals surface area contributed by atoms with Crippen LogP contribution < -0.4 is 4.90 Å². The van der Waals surface area contributed by atoms with E-state index in [1.54, 1.807) is 28.4 Å². The maximum atomic E-state index is 13.1. The number of nitrogens with zero attached hydrogens (tertiary/aromatic N) is 3. The van der Waals surface area contributed by atoms with Gasteiger partial charge in [-0.15, -0.1) is 23.7 Å². The number of halogens is 2. The fraction of sp³-hybridized carbons (Fsp3) is 0.333. The summed E-state index contributed by atoms with van der Waals surface area (Å²) in [5, 5.41) is 0.731. The van der Waals surface area contributed by atoms with E-state index in [0.29, 0.717) is 15.8 Å². The van der Waals surface area contributed by atoms with Crippen LogP contribution in [0.25, 0.3) is 10.2 Å². The predicted octanol–water partition coefficient (Wildman–Crippen LogP) is 4.41. The van der Waals surface area contributed by atoms with Gasteiger partial charge in [0, 0.05) is 26.2 Å². The Bertz CT molecular complexity index is 876. The van der Waals surface area contributed by atoms with Crippen molar-refractivity contribution in [2.24, 2.45) is 0 Å². The molecule has 0 N–H and O–H groups in total. The normalized spacial score (nSPS) is 14.9. The van der Waals surface area contributed by atoms with Crippen molar-refractivity contribution in [3.05, 3.63) is 45.6 Å². The van der Waals surface area contributed by atoms with Crippen molar-refractivity contribution in [2.75, 3.05) is 44.3 Å². The number of aromatic nitrogens is 1. The van der Waals surface area contributed by atoms with Gasteiger partial charge >= 0.3 is 0 Å². The van der Waals surface area contributed by atoms with E-state index in [2.05, 4.69) is 9.88 Å². The number of morpholine rings is 1. The van der Waals surface area contributed by atoms with E-state index in [-0.39, 0.29) is 18.3 Å². The average Bonchev–Trinajstić information content (AvgIpc) is 3.28. The van der Waals surface area contributed by atoms with Gasteiger partial charge in [-0.1, -0.05) is 35.1 Å². The van der Waals surface area contributed by atoms with Crippen LogP contribution in [0.4, 0.5) is 5.13 Å². The first-order chi connectivity index (χ1) is 12.7. The summed E-state index contributed by atoms with van der Waals surface area (Å²) >= 11 is 8.88. The molecule has 0 unspecified atom stereocenters. The molecule has 0 bridgehead atoms. The van der Waals surface area contributed by atoms with E-state index in [1.807, 2.05) is 24.3 Å². The van der Waals surface area contributed by atoms with E-state index < -0.39 is 0 Å². The second kappa shape index (κ2) is 9.32. The molecular weight excluding hydrogens is 425 g/mol. The molecule has 0 atom stereocenters. The zero-order chi connectivity index (χ0) is 17.9. The molecule has 144 valence electrons.